The molecule has 0 aromatic rings. The molecular formula is C21H36F2N2O3. The highest BCUT2D eigenvalue weighted by Crippen LogP contribution is 2.50. The van der Waals surface area contributed by atoms with E-state index in [1.807, 2.05) is 27.7 Å². The Morgan fingerprint density at radius 2 is 1.61 bits per heavy atom. The molecule has 2 aliphatic rings. The van der Waals surface area contributed by atoms with Crippen molar-refractivity contribution in [3.05, 3.63) is 0 Å². The van der Waals surface area contributed by atoms with Crippen LogP contribution in [0.5, 0.6) is 0 Å². The number of carbonyl (C=O) groups excluding carboxylic acids is 2. The van der Waals surface area contributed by atoms with Crippen LogP contribution < -0.4 is 10.6 Å². The summed E-state index contributed by atoms with van der Waals surface area (Å²) in [5, 5.41) is 6.01. The molecule has 0 radical (unpaired) electrons. The van der Waals surface area contributed by atoms with Crippen molar-refractivity contribution in [1.82, 2.24) is 10.6 Å². The first-order valence-corrected chi connectivity index (χ1v) is 10.3. The van der Waals surface area contributed by atoms with Crippen molar-refractivity contribution < 1.29 is 23.1 Å². The van der Waals surface area contributed by atoms with Gasteiger partial charge < -0.3 is 15.4 Å². The van der Waals surface area contributed by atoms with Crippen molar-refractivity contribution in [2.75, 3.05) is 6.54 Å². The minimum atomic E-state index is -2.63. The highest BCUT2D eigenvalue weighted by atomic mass is 19.3. The molecule has 28 heavy (non-hydrogen) atoms. The van der Waals surface area contributed by atoms with Crippen LogP contribution in [0.25, 0.3) is 0 Å². The largest absolute Gasteiger partial charge is 0.444 e. The zero-order valence-electron chi connectivity index (χ0n) is 18.1. The van der Waals surface area contributed by atoms with Crippen LogP contribution in [-0.2, 0) is 9.53 Å². The van der Waals surface area contributed by atoms with Gasteiger partial charge in [-0.1, -0.05) is 13.8 Å². The van der Waals surface area contributed by atoms with Gasteiger partial charge in [-0.2, -0.15) is 0 Å². The molecule has 2 amide bonds. The maximum Gasteiger partial charge on any atom is 0.408 e. The summed E-state index contributed by atoms with van der Waals surface area (Å²) in [7, 11) is 0. The number of hydrogen-bond donors (Lipinski definition) is 2. The topological polar surface area (TPSA) is 67.4 Å². The highest BCUT2D eigenvalue weighted by molar-refractivity contribution is 5.78. The van der Waals surface area contributed by atoms with Gasteiger partial charge in [0, 0.05) is 30.8 Å². The number of alkyl carbamates (subject to hydrolysis) is 1. The average Bonchev–Trinajstić information content (AvgIpc) is 2.73. The molecule has 0 saturated heterocycles. The van der Waals surface area contributed by atoms with E-state index in [1.165, 1.54) is 0 Å². The second-order valence-corrected chi connectivity index (χ2v) is 10.3. The monoisotopic (exact) mass is 402 g/mol. The molecule has 0 spiro atoms. The van der Waals surface area contributed by atoms with Crippen molar-refractivity contribution in [2.45, 2.75) is 97.1 Å². The smallest absolute Gasteiger partial charge is 0.408 e. The molecule has 2 saturated carbocycles. The van der Waals surface area contributed by atoms with E-state index < -0.39 is 23.2 Å². The number of alkyl halides is 2. The molecule has 162 valence electrons. The number of hydrogen-bond acceptors (Lipinski definition) is 3. The number of halogens is 2. The lowest BCUT2D eigenvalue weighted by Crippen LogP contribution is -2.56. The van der Waals surface area contributed by atoms with E-state index in [2.05, 4.69) is 24.5 Å². The fraction of sp³-hybridized carbons (Fsp3) is 0.905. The quantitative estimate of drug-likeness (QED) is 0.719. The lowest BCUT2D eigenvalue weighted by molar-refractivity contribution is -0.129. The number of amides is 2. The molecule has 2 atom stereocenters. The maximum atomic E-state index is 13.3. The van der Waals surface area contributed by atoms with Crippen molar-refractivity contribution in [1.29, 1.82) is 0 Å². The molecule has 2 N–H and O–H groups in total. The fourth-order valence-electron chi connectivity index (χ4n) is 4.38. The Morgan fingerprint density at radius 3 is 2.14 bits per heavy atom. The van der Waals surface area contributed by atoms with Gasteiger partial charge in [0.2, 0.25) is 11.8 Å². The highest BCUT2D eigenvalue weighted by Gasteiger charge is 2.52. The summed E-state index contributed by atoms with van der Waals surface area (Å²) in [6.07, 6.45) is 1.28. The molecule has 0 aliphatic heterocycles. The molecule has 0 heterocycles. The van der Waals surface area contributed by atoms with Crippen LogP contribution in [0.4, 0.5) is 13.6 Å². The van der Waals surface area contributed by atoms with Gasteiger partial charge in [-0.3, -0.25) is 4.79 Å². The van der Waals surface area contributed by atoms with Crippen molar-refractivity contribution in [3.8, 4) is 0 Å². The van der Waals surface area contributed by atoms with E-state index in [1.54, 1.807) is 0 Å². The summed E-state index contributed by atoms with van der Waals surface area (Å²) in [5.74, 6) is -2.89. The average molecular weight is 403 g/mol. The molecule has 2 fully saturated rings. The first-order chi connectivity index (χ1) is 12.7. The molecule has 2 unspecified atom stereocenters. The van der Waals surface area contributed by atoms with Crippen molar-refractivity contribution >= 4 is 12.0 Å². The van der Waals surface area contributed by atoms with E-state index in [9.17, 15) is 18.4 Å². The lowest BCUT2D eigenvalue weighted by Gasteiger charge is -2.42. The van der Waals surface area contributed by atoms with Gasteiger partial charge >= 0.3 is 6.09 Å². The van der Waals surface area contributed by atoms with Gasteiger partial charge in [0.25, 0.3) is 0 Å². The fourth-order valence-corrected chi connectivity index (χ4v) is 4.38. The summed E-state index contributed by atoms with van der Waals surface area (Å²) < 4.78 is 32.0. The number of nitrogens with one attached hydrogen (secondary N) is 2. The predicted octanol–water partition coefficient (Wildman–Crippen LogP) is 4.65. The van der Waals surface area contributed by atoms with E-state index in [0.717, 1.165) is 12.8 Å². The van der Waals surface area contributed by atoms with Crippen LogP contribution in [0.3, 0.4) is 0 Å². The van der Waals surface area contributed by atoms with E-state index >= 15 is 0 Å². The Balaban J connectivity index is 1.90. The summed E-state index contributed by atoms with van der Waals surface area (Å²) in [4.78, 5) is 24.7. The van der Waals surface area contributed by atoms with Gasteiger partial charge in [-0.15, -0.1) is 0 Å². The Bertz CT molecular complexity index is 591. The molecule has 2 rings (SSSR count). The first-order valence-electron chi connectivity index (χ1n) is 10.3. The number of carbonyl (C=O) groups is 2. The van der Waals surface area contributed by atoms with Gasteiger partial charge in [0.15, 0.2) is 0 Å². The molecule has 0 aromatic heterocycles. The Kier molecular flexibility index (Phi) is 6.37. The third kappa shape index (κ3) is 5.35. The van der Waals surface area contributed by atoms with Crippen LogP contribution in [0, 0.1) is 17.3 Å². The SMILES string of the molecule is CC(C)(C)OC(=O)NC1(C)CCC(CNC(=O)C2CCC(F)(F)CC2)C1(C)C. The zero-order chi connectivity index (χ0) is 21.4. The van der Waals surface area contributed by atoms with E-state index in [4.69, 9.17) is 4.74 Å². The first kappa shape index (κ1) is 22.9. The third-order valence-corrected chi connectivity index (χ3v) is 6.82. The van der Waals surface area contributed by atoms with E-state index in [0.29, 0.717) is 6.54 Å². The van der Waals surface area contributed by atoms with Crippen LogP contribution in [0.2, 0.25) is 0 Å². The standard InChI is InChI=1S/C21H36F2N2O3/c1-18(2,3)28-17(27)25-20(6)10-9-15(19(20,4)5)13-24-16(26)14-7-11-21(22,23)12-8-14/h14-15H,7-13H2,1-6H3,(H,24,26)(H,25,27). The molecule has 0 aromatic carbocycles. The van der Waals surface area contributed by atoms with Crippen LogP contribution in [-0.4, -0.2) is 35.6 Å². The lowest BCUT2D eigenvalue weighted by atomic mass is 9.71. The van der Waals surface area contributed by atoms with Crippen molar-refractivity contribution in [2.24, 2.45) is 17.3 Å². The maximum absolute atomic E-state index is 13.3. The van der Waals surface area contributed by atoms with Gasteiger partial charge in [0.1, 0.15) is 5.60 Å². The van der Waals surface area contributed by atoms with E-state index in [-0.39, 0.29) is 48.8 Å². The number of ether oxygens (including phenoxy) is 1. The van der Waals surface area contributed by atoms with Crippen LogP contribution >= 0.6 is 0 Å². The van der Waals surface area contributed by atoms with Gasteiger partial charge in [-0.25, -0.2) is 13.6 Å². The molecular weight excluding hydrogens is 366 g/mol. The predicted molar refractivity (Wildman–Crippen MR) is 104 cm³/mol. The molecule has 0 bridgehead atoms. The Labute approximate surface area is 167 Å². The zero-order valence-corrected chi connectivity index (χ0v) is 18.1. The van der Waals surface area contributed by atoms with Gasteiger partial charge in [0.05, 0.1) is 0 Å². The second-order valence-electron chi connectivity index (χ2n) is 10.3. The summed E-state index contributed by atoms with van der Waals surface area (Å²) in [5.41, 5.74) is -1.26. The second kappa shape index (κ2) is 7.79. The molecule has 2 aliphatic carbocycles. The molecule has 5 nitrogen and oxygen atoms in total. The summed E-state index contributed by atoms with van der Waals surface area (Å²) >= 11 is 0. The number of rotatable bonds is 4. The summed E-state index contributed by atoms with van der Waals surface area (Å²) in [6.45, 7) is 12.2. The Hall–Kier alpha value is -1.40. The normalized spacial score (nSPS) is 29.9. The third-order valence-electron chi connectivity index (χ3n) is 6.82. The Morgan fingerprint density at radius 1 is 1.04 bits per heavy atom. The minimum Gasteiger partial charge on any atom is -0.444 e. The van der Waals surface area contributed by atoms with Gasteiger partial charge in [-0.05, 0) is 64.7 Å². The van der Waals surface area contributed by atoms with Crippen LogP contribution in [0.1, 0.15) is 80.1 Å². The minimum absolute atomic E-state index is 0.125. The van der Waals surface area contributed by atoms with Crippen molar-refractivity contribution in [3.63, 3.8) is 0 Å². The van der Waals surface area contributed by atoms with Crippen LogP contribution in [0.15, 0.2) is 0 Å². The summed E-state index contributed by atoms with van der Waals surface area (Å²) in [6, 6.07) is 0. The molecule has 7 heteroatoms.